The van der Waals surface area contributed by atoms with Gasteiger partial charge in [-0.1, -0.05) is 29.4 Å². The van der Waals surface area contributed by atoms with Crippen LogP contribution in [-0.4, -0.2) is 28.1 Å². The van der Waals surface area contributed by atoms with Gasteiger partial charge in [0.05, 0.1) is 12.7 Å². The molecule has 2 aromatic carbocycles. The van der Waals surface area contributed by atoms with Crippen LogP contribution in [-0.2, 0) is 11.3 Å². The molecule has 0 N–H and O–H groups in total. The molecule has 138 valence electrons. The first-order valence-electron chi connectivity index (χ1n) is 8.66. The third-order valence-corrected chi connectivity index (χ3v) is 4.67. The molecule has 0 bridgehead atoms. The number of rotatable bonds is 5. The van der Waals surface area contributed by atoms with Crippen LogP contribution in [0.15, 0.2) is 53.1 Å². The summed E-state index contributed by atoms with van der Waals surface area (Å²) in [5.74, 6) is 1.17. The number of carbonyl (C=O) groups is 1. The summed E-state index contributed by atoms with van der Waals surface area (Å²) in [6.07, 6.45) is 1.02. The molecule has 3 aromatic rings. The molecule has 0 saturated carbocycles. The molecule has 27 heavy (non-hydrogen) atoms. The molecule has 4 rings (SSSR count). The lowest BCUT2D eigenvalue weighted by atomic mass is 10.1. The third-order valence-electron chi connectivity index (χ3n) is 4.67. The molecule has 1 fully saturated rings. The van der Waals surface area contributed by atoms with Crippen LogP contribution in [0.5, 0.6) is 5.75 Å². The molecule has 0 aliphatic carbocycles. The number of aromatic nitrogens is 2. The second kappa shape index (κ2) is 7.19. The summed E-state index contributed by atoms with van der Waals surface area (Å²) >= 11 is 0. The van der Waals surface area contributed by atoms with E-state index in [0.717, 1.165) is 11.1 Å². The van der Waals surface area contributed by atoms with Crippen molar-refractivity contribution in [1.82, 2.24) is 15.0 Å². The molecule has 1 amide bonds. The minimum absolute atomic E-state index is 0.0152. The summed E-state index contributed by atoms with van der Waals surface area (Å²) in [5.41, 5.74) is 1.57. The largest absolute Gasteiger partial charge is 0.496 e. The number of carbonyl (C=O) groups excluding carboxylic acids is 1. The number of likely N-dealkylation sites (tertiary alicyclic amines) is 1. The first kappa shape index (κ1) is 17.2. The second-order valence-corrected chi connectivity index (χ2v) is 6.36. The molecule has 1 aliphatic heterocycles. The third kappa shape index (κ3) is 3.40. The number of ether oxygens (including phenoxy) is 1. The van der Waals surface area contributed by atoms with Crippen molar-refractivity contribution in [3.63, 3.8) is 0 Å². The molecule has 6 nitrogen and oxygen atoms in total. The minimum Gasteiger partial charge on any atom is -0.496 e. The number of amides is 1. The fourth-order valence-electron chi connectivity index (χ4n) is 3.28. The van der Waals surface area contributed by atoms with E-state index < -0.39 is 0 Å². The van der Waals surface area contributed by atoms with Gasteiger partial charge in [-0.2, -0.15) is 4.98 Å². The Bertz CT molecular complexity index is 955. The van der Waals surface area contributed by atoms with Crippen LogP contribution in [0, 0.1) is 5.82 Å². The quantitative estimate of drug-likeness (QED) is 0.687. The number of nitrogens with zero attached hydrogens (tertiary/aromatic N) is 3. The van der Waals surface area contributed by atoms with Gasteiger partial charge in [-0.15, -0.1) is 0 Å². The predicted molar refractivity (Wildman–Crippen MR) is 95.2 cm³/mol. The van der Waals surface area contributed by atoms with E-state index in [4.69, 9.17) is 9.26 Å². The van der Waals surface area contributed by atoms with Crippen molar-refractivity contribution < 1.29 is 18.4 Å². The Kier molecular flexibility index (Phi) is 4.58. The highest BCUT2D eigenvalue weighted by atomic mass is 19.1. The van der Waals surface area contributed by atoms with Gasteiger partial charge in [0, 0.05) is 13.0 Å². The fraction of sp³-hybridized carbons (Fsp3) is 0.250. The number of hydrogen-bond acceptors (Lipinski definition) is 5. The van der Waals surface area contributed by atoms with Crippen LogP contribution in [0.4, 0.5) is 4.39 Å². The Morgan fingerprint density at radius 1 is 1.22 bits per heavy atom. The summed E-state index contributed by atoms with van der Waals surface area (Å²) in [7, 11) is 1.58. The van der Waals surface area contributed by atoms with Crippen molar-refractivity contribution >= 4 is 5.91 Å². The monoisotopic (exact) mass is 367 g/mol. The smallest absolute Gasteiger partial charge is 0.249 e. The zero-order chi connectivity index (χ0) is 18.8. The number of para-hydroxylation sites is 1. The van der Waals surface area contributed by atoms with Crippen molar-refractivity contribution in [1.29, 1.82) is 0 Å². The van der Waals surface area contributed by atoms with Gasteiger partial charge in [0.2, 0.25) is 17.6 Å². The van der Waals surface area contributed by atoms with Crippen LogP contribution in [0.1, 0.15) is 30.3 Å². The molecule has 0 radical (unpaired) electrons. The summed E-state index contributed by atoms with van der Waals surface area (Å²) < 4.78 is 23.9. The van der Waals surface area contributed by atoms with Gasteiger partial charge >= 0.3 is 0 Å². The highest BCUT2D eigenvalue weighted by Gasteiger charge is 2.36. The van der Waals surface area contributed by atoms with Gasteiger partial charge < -0.3 is 14.2 Å². The molecule has 0 spiro atoms. The van der Waals surface area contributed by atoms with Crippen LogP contribution in [0.3, 0.4) is 0 Å². The van der Waals surface area contributed by atoms with E-state index in [1.54, 1.807) is 24.1 Å². The highest BCUT2D eigenvalue weighted by Crippen LogP contribution is 2.35. The lowest BCUT2D eigenvalue weighted by Gasteiger charge is -2.22. The van der Waals surface area contributed by atoms with Gasteiger partial charge in [-0.3, -0.25) is 4.79 Å². The minimum atomic E-state index is -0.304. The van der Waals surface area contributed by atoms with E-state index in [1.807, 2.05) is 24.3 Å². The number of benzene rings is 2. The molecule has 1 aromatic heterocycles. The van der Waals surface area contributed by atoms with E-state index in [9.17, 15) is 9.18 Å². The Labute approximate surface area is 155 Å². The molecular weight excluding hydrogens is 349 g/mol. The standard InChI is InChI=1S/C20H18FN3O3/c1-26-17-5-3-2-4-15(17)19-22-20(27-23-19)16-10-11-18(25)24(16)12-13-6-8-14(21)9-7-13/h2-9,16H,10-12H2,1H3. The first-order chi connectivity index (χ1) is 13.2. The summed E-state index contributed by atoms with van der Waals surface area (Å²) in [5, 5.41) is 4.06. The number of methoxy groups -OCH3 is 1. The van der Waals surface area contributed by atoms with Gasteiger partial charge in [-0.25, -0.2) is 4.39 Å². The lowest BCUT2D eigenvalue weighted by molar-refractivity contribution is -0.129. The predicted octanol–water partition coefficient (Wildman–Crippen LogP) is 3.75. The maximum atomic E-state index is 13.1. The Morgan fingerprint density at radius 3 is 2.78 bits per heavy atom. The lowest BCUT2D eigenvalue weighted by Crippen LogP contribution is -2.27. The average Bonchev–Trinajstić information content (AvgIpc) is 3.31. The topological polar surface area (TPSA) is 68.5 Å². The van der Waals surface area contributed by atoms with Crippen LogP contribution >= 0.6 is 0 Å². The fourth-order valence-corrected chi connectivity index (χ4v) is 3.28. The number of halogens is 1. The van der Waals surface area contributed by atoms with Gasteiger partial charge in [-0.05, 0) is 36.2 Å². The summed E-state index contributed by atoms with van der Waals surface area (Å²) in [4.78, 5) is 18.5. The van der Waals surface area contributed by atoms with Crippen molar-refractivity contribution in [3.05, 3.63) is 65.8 Å². The van der Waals surface area contributed by atoms with Crippen LogP contribution in [0.2, 0.25) is 0 Å². The first-order valence-corrected chi connectivity index (χ1v) is 8.66. The average molecular weight is 367 g/mol. The van der Waals surface area contributed by atoms with E-state index in [1.165, 1.54) is 12.1 Å². The Hall–Kier alpha value is -3.22. The van der Waals surface area contributed by atoms with E-state index in [2.05, 4.69) is 10.1 Å². The molecule has 1 atom stereocenters. The molecule has 1 aliphatic rings. The summed E-state index contributed by atoms with van der Waals surface area (Å²) in [6.45, 7) is 0.371. The molecule has 1 saturated heterocycles. The molecular formula is C20H18FN3O3. The Morgan fingerprint density at radius 2 is 2.00 bits per heavy atom. The van der Waals surface area contributed by atoms with Crippen molar-refractivity contribution in [2.45, 2.75) is 25.4 Å². The van der Waals surface area contributed by atoms with Crippen molar-refractivity contribution in [2.24, 2.45) is 0 Å². The maximum absolute atomic E-state index is 13.1. The van der Waals surface area contributed by atoms with E-state index in [0.29, 0.717) is 36.9 Å². The highest BCUT2D eigenvalue weighted by molar-refractivity contribution is 5.79. The van der Waals surface area contributed by atoms with Crippen LogP contribution < -0.4 is 4.74 Å². The second-order valence-electron chi connectivity index (χ2n) is 6.36. The number of hydrogen-bond donors (Lipinski definition) is 0. The van der Waals surface area contributed by atoms with E-state index >= 15 is 0 Å². The maximum Gasteiger partial charge on any atom is 0.249 e. The van der Waals surface area contributed by atoms with Crippen molar-refractivity contribution in [2.75, 3.05) is 7.11 Å². The Balaban J connectivity index is 1.59. The zero-order valence-corrected chi connectivity index (χ0v) is 14.8. The van der Waals surface area contributed by atoms with Gasteiger partial charge in [0.15, 0.2) is 0 Å². The normalized spacial score (nSPS) is 16.7. The molecule has 1 unspecified atom stereocenters. The van der Waals surface area contributed by atoms with E-state index in [-0.39, 0.29) is 17.8 Å². The van der Waals surface area contributed by atoms with Crippen LogP contribution in [0.25, 0.3) is 11.4 Å². The SMILES string of the molecule is COc1ccccc1-c1noc(C2CCC(=O)N2Cc2ccc(F)cc2)n1. The van der Waals surface area contributed by atoms with Gasteiger partial charge in [0.25, 0.3) is 0 Å². The zero-order valence-electron chi connectivity index (χ0n) is 14.8. The van der Waals surface area contributed by atoms with Crippen molar-refractivity contribution in [3.8, 4) is 17.1 Å². The van der Waals surface area contributed by atoms with Gasteiger partial charge in [0.1, 0.15) is 17.6 Å². The summed E-state index contributed by atoms with van der Waals surface area (Å²) in [6, 6.07) is 13.2. The molecule has 2 heterocycles. The molecule has 7 heteroatoms.